The fourth-order valence-electron chi connectivity index (χ4n) is 2.73. The molecule has 4 rings (SSSR count). The molecule has 0 aliphatic heterocycles. The largest absolute Gasteiger partial charge is 0.268 e. The lowest BCUT2D eigenvalue weighted by atomic mass is 10.0. The van der Waals surface area contributed by atoms with E-state index in [1.165, 1.54) is 5.56 Å². The van der Waals surface area contributed by atoms with Crippen LogP contribution in [0.15, 0.2) is 73.1 Å². The van der Waals surface area contributed by atoms with Gasteiger partial charge in [-0.15, -0.1) is 0 Å². The van der Waals surface area contributed by atoms with Crippen molar-refractivity contribution in [3.8, 4) is 22.4 Å². The Kier molecular flexibility index (Phi) is 2.97. The molecular formula is C19H15N3. The molecule has 0 aliphatic rings. The van der Waals surface area contributed by atoms with Crippen LogP contribution in [0.1, 0.15) is 0 Å². The van der Waals surface area contributed by atoms with Crippen LogP contribution in [-0.4, -0.2) is 14.8 Å². The first-order valence-electron chi connectivity index (χ1n) is 7.25. The quantitative estimate of drug-likeness (QED) is 0.549. The first-order chi connectivity index (χ1) is 10.8. The lowest BCUT2D eigenvalue weighted by Crippen LogP contribution is -1.93. The fraction of sp³-hybridized carbons (Fsp3) is 0.0526. The molecule has 0 atom stereocenters. The third-order valence-electron chi connectivity index (χ3n) is 3.91. The summed E-state index contributed by atoms with van der Waals surface area (Å²) in [5, 5.41) is 5.37. The van der Waals surface area contributed by atoms with E-state index < -0.39 is 0 Å². The van der Waals surface area contributed by atoms with E-state index in [9.17, 15) is 0 Å². The van der Waals surface area contributed by atoms with E-state index in [-0.39, 0.29) is 0 Å². The minimum atomic E-state index is 0.999. The monoisotopic (exact) mass is 285 g/mol. The number of rotatable bonds is 2. The Morgan fingerprint density at radius 1 is 0.818 bits per heavy atom. The van der Waals surface area contributed by atoms with Crippen molar-refractivity contribution >= 4 is 10.9 Å². The molecule has 0 saturated heterocycles. The zero-order valence-corrected chi connectivity index (χ0v) is 12.3. The third kappa shape index (κ3) is 2.17. The second-order valence-corrected chi connectivity index (χ2v) is 5.34. The highest BCUT2D eigenvalue weighted by Gasteiger charge is 2.05. The van der Waals surface area contributed by atoms with Crippen LogP contribution >= 0.6 is 0 Å². The van der Waals surface area contributed by atoms with Crippen molar-refractivity contribution in [2.24, 2.45) is 7.05 Å². The number of benzene rings is 2. The van der Waals surface area contributed by atoms with Gasteiger partial charge in [-0.3, -0.25) is 9.67 Å². The smallest absolute Gasteiger partial charge is 0.0709 e. The number of aromatic nitrogens is 3. The maximum absolute atomic E-state index is 4.63. The van der Waals surface area contributed by atoms with Crippen molar-refractivity contribution in [1.82, 2.24) is 14.8 Å². The predicted molar refractivity (Wildman–Crippen MR) is 89.4 cm³/mol. The van der Waals surface area contributed by atoms with E-state index in [4.69, 9.17) is 0 Å². The van der Waals surface area contributed by atoms with Gasteiger partial charge in [-0.1, -0.05) is 42.5 Å². The van der Waals surface area contributed by atoms with Gasteiger partial charge < -0.3 is 0 Å². The van der Waals surface area contributed by atoms with Crippen molar-refractivity contribution in [3.63, 3.8) is 0 Å². The van der Waals surface area contributed by atoms with Crippen LogP contribution in [0.4, 0.5) is 0 Å². The Hall–Kier alpha value is -2.94. The molecule has 0 amide bonds. The first kappa shape index (κ1) is 12.8. The fourth-order valence-corrected chi connectivity index (χ4v) is 2.73. The Labute approximate surface area is 128 Å². The highest BCUT2D eigenvalue weighted by Crippen LogP contribution is 2.26. The minimum absolute atomic E-state index is 0.999. The summed E-state index contributed by atoms with van der Waals surface area (Å²) in [7, 11) is 1.95. The molecule has 0 fully saturated rings. The molecule has 3 heteroatoms. The molecule has 0 N–H and O–H groups in total. The Morgan fingerprint density at radius 3 is 2.45 bits per heavy atom. The van der Waals surface area contributed by atoms with Crippen molar-refractivity contribution in [1.29, 1.82) is 0 Å². The van der Waals surface area contributed by atoms with Crippen molar-refractivity contribution < 1.29 is 0 Å². The van der Waals surface area contributed by atoms with E-state index >= 15 is 0 Å². The number of fused-ring (bicyclic) bond motifs is 1. The average Bonchev–Trinajstić information content (AvgIpc) is 3.01. The minimum Gasteiger partial charge on any atom is -0.268 e. The van der Waals surface area contributed by atoms with E-state index in [2.05, 4.69) is 46.5 Å². The van der Waals surface area contributed by atoms with Gasteiger partial charge in [-0.05, 0) is 23.8 Å². The molecule has 106 valence electrons. The molecule has 2 aromatic heterocycles. The van der Waals surface area contributed by atoms with E-state index in [0.29, 0.717) is 0 Å². The topological polar surface area (TPSA) is 30.7 Å². The van der Waals surface area contributed by atoms with Crippen LogP contribution < -0.4 is 0 Å². The molecule has 0 saturated carbocycles. The molecule has 2 heterocycles. The zero-order chi connectivity index (χ0) is 14.9. The number of nitrogens with zero attached hydrogens (tertiary/aromatic N) is 3. The molecule has 0 bridgehead atoms. The molecule has 0 aliphatic carbocycles. The van der Waals surface area contributed by atoms with Crippen LogP contribution in [0.3, 0.4) is 0 Å². The van der Waals surface area contributed by atoms with Crippen LogP contribution in [0.5, 0.6) is 0 Å². The van der Waals surface area contributed by atoms with Gasteiger partial charge in [-0.2, -0.15) is 5.10 Å². The van der Waals surface area contributed by atoms with Gasteiger partial charge in [0.25, 0.3) is 0 Å². The van der Waals surface area contributed by atoms with Crippen LogP contribution in [0.25, 0.3) is 33.3 Å². The van der Waals surface area contributed by atoms with Gasteiger partial charge in [0.15, 0.2) is 0 Å². The van der Waals surface area contributed by atoms with Gasteiger partial charge in [-0.25, -0.2) is 0 Å². The van der Waals surface area contributed by atoms with E-state index in [1.807, 2.05) is 48.4 Å². The van der Waals surface area contributed by atoms with Crippen LogP contribution in [0, 0.1) is 0 Å². The summed E-state index contributed by atoms with van der Waals surface area (Å²) in [6.45, 7) is 0. The van der Waals surface area contributed by atoms with Gasteiger partial charge >= 0.3 is 0 Å². The van der Waals surface area contributed by atoms with E-state index in [1.54, 1.807) is 0 Å². The van der Waals surface area contributed by atoms with Crippen molar-refractivity contribution in [2.45, 2.75) is 0 Å². The number of aryl methyl sites for hydroxylation is 1. The molecule has 3 nitrogen and oxygen atoms in total. The number of pyridine rings is 1. The van der Waals surface area contributed by atoms with Gasteiger partial charge in [0.2, 0.25) is 0 Å². The number of hydrogen-bond donors (Lipinski definition) is 0. The molecule has 0 unspecified atom stereocenters. The Balaban J connectivity index is 1.81. The van der Waals surface area contributed by atoms with Gasteiger partial charge in [0.05, 0.1) is 11.2 Å². The van der Waals surface area contributed by atoms with Gasteiger partial charge in [0, 0.05) is 36.0 Å². The standard InChI is InChI=1S/C19H15N3/c1-22-19(9-10-21-22)16-8-7-15-11-17(13-20-18(15)12-16)14-5-3-2-4-6-14/h2-13H,1H3. The number of hydrogen-bond acceptors (Lipinski definition) is 2. The lowest BCUT2D eigenvalue weighted by molar-refractivity contribution is 0.776. The summed E-state index contributed by atoms with van der Waals surface area (Å²) in [5.41, 5.74) is 5.55. The molecule has 0 radical (unpaired) electrons. The van der Waals surface area contributed by atoms with Crippen molar-refractivity contribution in [3.05, 3.63) is 73.1 Å². The molecule has 2 aromatic carbocycles. The highest BCUT2D eigenvalue weighted by atomic mass is 15.3. The summed E-state index contributed by atoms with van der Waals surface area (Å²) in [6, 6.07) is 20.9. The second-order valence-electron chi connectivity index (χ2n) is 5.34. The first-order valence-corrected chi connectivity index (χ1v) is 7.25. The summed E-state index contributed by atoms with van der Waals surface area (Å²) < 4.78 is 1.87. The normalized spacial score (nSPS) is 11.0. The second kappa shape index (κ2) is 5.11. The summed E-state index contributed by atoms with van der Waals surface area (Å²) in [5.74, 6) is 0. The molecule has 4 aromatic rings. The lowest BCUT2D eigenvalue weighted by Gasteiger charge is -2.06. The third-order valence-corrected chi connectivity index (χ3v) is 3.91. The predicted octanol–water partition coefficient (Wildman–Crippen LogP) is 4.30. The summed E-state index contributed by atoms with van der Waals surface area (Å²) >= 11 is 0. The summed E-state index contributed by atoms with van der Waals surface area (Å²) in [6.07, 6.45) is 3.75. The van der Waals surface area contributed by atoms with Gasteiger partial charge in [0.1, 0.15) is 0 Å². The Bertz CT molecular complexity index is 939. The van der Waals surface area contributed by atoms with E-state index in [0.717, 1.165) is 27.7 Å². The summed E-state index contributed by atoms with van der Waals surface area (Å²) in [4.78, 5) is 4.63. The highest BCUT2D eigenvalue weighted by molar-refractivity contribution is 5.87. The van der Waals surface area contributed by atoms with Crippen LogP contribution in [0.2, 0.25) is 0 Å². The maximum Gasteiger partial charge on any atom is 0.0709 e. The van der Waals surface area contributed by atoms with Crippen LogP contribution in [-0.2, 0) is 7.05 Å². The Morgan fingerprint density at radius 2 is 1.68 bits per heavy atom. The molecule has 0 spiro atoms. The zero-order valence-electron chi connectivity index (χ0n) is 12.3. The average molecular weight is 285 g/mol. The maximum atomic E-state index is 4.63. The molecular weight excluding hydrogens is 270 g/mol. The molecule has 22 heavy (non-hydrogen) atoms. The van der Waals surface area contributed by atoms with Crippen molar-refractivity contribution in [2.75, 3.05) is 0 Å². The SMILES string of the molecule is Cn1nccc1-c1ccc2cc(-c3ccccc3)cnc2c1.